The number of carbonyl (C=O) groups is 2. The average Bonchev–Trinajstić information content (AvgIpc) is 2.73. The zero-order valence-corrected chi connectivity index (χ0v) is 14.9. The summed E-state index contributed by atoms with van der Waals surface area (Å²) in [5, 5.41) is 4.45. The first-order valence-corrected chi connectivity index (χ1v) is 8.38. The minimum absolute atomic E-state index is 0.0914. The first kappa shape index (κ1) is 17.0. The third-order valence-corrected chi connectivity index (χ3v) is 5.52. The summed E-state index contributed by atoms with van der Waals surface area (Å²) in [6, 6.07) is 0. The SMILES string of the molecule is Cc1nn(C[C@@H](C)C(=O)N2CCC(C(N)=O)CC2)c(C)c1Br. The van der Waals surface area contributed by atoms with E-state index in [1.807, 2.05) is 30.4 Å². The fraction of sp³-hybridized carbons (Fsp3) is 0.667. The molecule has 7 heteroatoms. The maximum Gasteiger partial charge on any atom is 0.227 e. The molecule has 1 fully saturated rings. The molecule has 1 aliphatic heterocycles. The van der Waals surface area contributed by atoms with E-state index >= 15 is 0 Å². The van der Waals surface area contributed by atoms with Crippen molar-refractivity contribution in [2.75, 3.05) is 13.1 Å². The van der Waals surface area contributed by atoms with E-state index in [9.17, 15) is 9.59 Å². The van der Waals surface area contributed by atoms with Crippen LogP contribution in [0, 0.1) is 25.7 Å². The lowest BCUT2D eigenvalue weighted by atomic mass is 9.95. The van der Waals surface area contributed by atoms with Gasteiger partial charge in [0, 0.05) is 24.7 Å². The van der Waals surface area contributed by atoms with Crippen LogP contribution in [0.5, 0.6) is 0 Å². The molecule has 0 saturated carbocycles. The summed E-state index contributed by atoms with van der Waals surface area (Å²) in [4.78, 5) is 25.6. The van der Waals surface area contributed by atoms with Crippen LogP contribution in [0.25, 0.3) is 0 Å². The number of carbonyl (C=O) groups excluding carboxylic acids is 2. The number of amides is 2. The number of aryl methyl sites for hydroxylation is 1. The Morgan fingerprint density at radius 2 is 1.95 bits per heavy atom. The fourth-order valence-electron chi connectivity index (χ4n) is 2.89. The number of aromatic nitrogens is 2. The summed E-state index contributed by atoms with van der Waals surface area (Å²) >= 11 is 3.50. The summed E-state index contributed by atoms with van der Waals surface area (Å²) in [5.74, 6) is -0.374. The molecular weight excluding hydrogens is 348 g/mol. The van der Waals surface area contributed by atoms with Crippen molar-refractivity contribution >= 4 is 27.7 Å². The van der Waals surface area contributed by atoms with Gasteiger partial charge in [0.2, 0.25) is 11.8 Å². The van der Waals surface area contributed by atoms with Gasteiger partial charge in [0.25, 0.3) is 0 Å². The first-order chi connectivity index (χ1) is 10.3. The number of piperidine rings is 1. The van der Waals surface area contributed by atoms with Gasteiger partial charge < -0.3 is 10.6 Å². The molecule has 0 unspecified atom stereocenters. The van der Waals surface area contributed by atoms with Crippen LogP contribution < -0.4 is 5.73 Å². The van der Waals surface area contributed by atoms with E-state index in [4.69, 9.17) is 5.73 Å². The monoisotopic (exact) mass is 370 g/mol. The molecule has 1 aromatic rings. The van der Waals surface area contributed by atoms with E-state index in [0.717, 1.165) is 15.9 Å². The maximum absolute atomic E-state index is 12.5. The van der Waals surface area contributed by atoms with Gasteiger partial charge in [-0.15, -0.1) is 0 Å². The van der Waals surface area contributed by atoms with Crippen molar-refractivity contribution in [2.45, 2.75) is 40.2 Å². The predicted molar refractivity (Wildman–Crippen MR) is 87.1 cm³/mol. The van der Waals surface area contributed by atoms with E-state index < -0.39 is 0 Å². The molecule has 6 nitrogen and oxygen atoms in total. The standard InChI is InChI=1S/C15H23BrN4O2/c1-9(8-20-11(3)13(16)10(2)18-20)15(22)19-6-4-12(5-7-19)14(17)21/h9,12H,4-8H2,1-3H3,(H2,17,21)/t9-/m1/s1. The number of nitrogens with two attached hydrogens (primary N) is 1. The van der Waals surface area contributed by atoms with Crippen LogP contribution in [0.2, 0.25) is 0 Å². The van der Waals surface area contributed by atoms with Crippen LogP contribution in [0.1, 0.15) is 31.2 Å². The summed E-state index contributed by atoms with van der Waals surface area (Å²) in [6.07, 6.45) is 1.33. The van der Waals surface area contributed by atoms with E-state index in [2.05, 4.69) is 21.0 Å². The van der Waals surface area contributed by atoms with Crippen molar-refractivity contribution in [2.24, 2.45) is 17.6 Å². The van der Waals surface area contributed by atoms with E-state index in [-0.39, 0.29) is 23.7 Å². The van der Waals surface area contributed by atoms with Crippen molar-refractivity contribution < 1.29 is 9.59 Å². The highest BCUT2D eigenvalue weighted by atomic mass is 79.9. The predicted octanol–water partition coefficient (Wildman–Crippen LogP) is 1.62. The Hall–Kier alpha value is -1.37. The van der Waals surface area contributed by atoms with Crippen LogP contribution in [-0.4, -0.2) is 39.6 Å². The molecule has 1 atom stereocenters. The second-order valence-electron chi connectivity index (χ2n) is 6.07. The Morgan fingerprint density at radius 3 is 2.41 bits per heavy atom. The van der Waals surface area contributed by atoms with Gasteiger partial charge >= 0.3 is 0 Å². The van der Waals surface area contributed by atoms with Gasteiger partial charge in [-0.1, -0.05) is 6.92 Å². The molecule has 2 N–H and O–H groups in total. The maximum atomic E-state index is 12.5. The second-order valence-corrected chi connectivity index (χ2v) is 6.86. The molecule has 0 bridgehead atoms. The molecule has 1 aromatic heterocycles. The van der Waals surface area contributed by atoms with Crippen LogP contribution in [-0.2, 0) is 16.1 Å². The number of hydrogen-bond acceptors (Lipinski definition) is 3. The van der Waals surface area contributed by atoms with Gasteiger partial charge in [-0.3, -0.25) is 14.3 Å². The fourth-order valence-corrected chi connectivity index (χ4v) is 3.17. The zero-order valence-electron chi connectivity index (χ0n) is 13.3. The van der Waals surface area contributed by atoms with Crippen molar-refractivity contribution in [3.05, 3.63) is 15.9 Å². The highest BCUT2D eigenvalue weighted by Crippen LogP contribution is 2.22. The van der Waals surface area contributed by atoms with Gasteiger partial charge in [-0.05, 0) is 42.6 Å². The summed E-state index contributed by atoms with van der Waals surface area (Å²) in [7, 11) is 0. The first-order valence-electron chi connectivity index (χ1n) is 7.58. The lowest BCUT2D eigenvalue weighted by Gasteiger charge is -2.32. The molecule has 2 amide bonds. The quantitative estimate of drug-likeness (QED) is 0.873. The number of primary amides is 1. The van der Waals surface area contributed by atoms with Crippen molar-refractivity contribution in [1.29, 1.82) is 0 Å². The number of nitrogens with zero attached hydrogens (tertiary/aromatic N) is 3. The normalized spacial score (nSPS) is 17.5. The van der Waals surface area contributed by atoms with E-state index in [1.54, 1.807) is 0 Å². The van der Waals surface area contributed by atoms with Gasteiger partial charge in [0.05, 0.1) is 22.6 Å². The molecule has 2 rings (SSSR count). The molecule has 1 saturated heterocycles. The third-order valence-electron chi connectivity index (χ3n) is 4.37. The Kier molecular flexibility index (Phi) is 5.26. The molecule has 122 valence electrons. The molecule has 22 heavy (non-hydrogen) atoms. The molecule has 2 heterocycles. The second kappa shape index (κ2) is 6.81. The molecule has 0 aromatic carbocycles. The van der Waals surface area contributed by atoms with Crippen LogP contribution in [0.4, 0.5) is 0 Å². The Bertz CT molecular complexity index is 576. The van der Waals surface area contributed by atoms with Crippen molar-refractivity contribution in [1.82, 2.24) is 14.7 Å². The summed E-state index contributed by atoms with van der Waals surface area (Å²) in [5.41, 5.74) is 7.29. The van der Waals surface area contributed by atoms with Gasteiger partial charge in [0.15, 0.2) is 0 Å². The smallest absolute Gasteiger partial charge is 0.227 e. The molecule has 0 aliphatic carbocycles. The van der Waals surface area contributed by atoms with Gasteiger partial charge in [-0.25, -0.2) is 0 Å². The topological polar surface area (TPSA) is 81.2 Å². The van der Waals surface area contributed by atoms with Crippen molar-refractivity contribution in [3.8, 4) is 0 Å². The number of rotatable bonds is 4. The third kappa shape index (κ3) is 3.51. The van der Waals surface area contributed by atoms with Crippen LogP contribution >= 0.6 is 15.9 Å². The molecule has 0 radical (unpaired) electrons. The van der Waals surface area contributed by atoms with E-state index in [0.29, 0.717) is 32.5 Å². The minimum atomic E-state index is -0.257. The number of halogens is 1. The van der Waals surface area contributed by atoms with Crippen LogP contribution in [0.3, 0.4) is 0 Å². The van der Waals surface area contributed by atoms with Gasteiger partial charge in [-0.2, -0.15) is 5.10 Å². The summed E-state index contributed by atoms with van der Waals surface area (Å²) < 4.78 is 2.87. The Morgan fingerprint density at radius 1 is 1.36 bits per heavy atom. The zero-order chi connectivity index (χ0) is 16.4. The molecule has 0 spiro atoms. The average molecular weight is 371 g/mol. The highest BCUT2D eigenvalue weighted by Gasteiger charge is 2.28. The summed E-state index contributed by atoms with van der Waals surface area (Å²) in [6.45, 7) is 7.63. The van der Waals surface area contributed by atoms with Gasteiger partial charge in [0.1, 0.15) is 0 Å². The lowest BCUT2D eigenvalue weighted by molar-refractivity contribution is -0.138. The largest absolute Gasteiger partial charge is 0.369 e. The highest BCUT2D eigenvalue weighted by molar-refractivity contribution is 9.10. The molecule has 1 aliphatic rings. The lowest BCUT2D eigenvalue weighted by Crippen LogP contribution is -2.44. The number of likely N-dealkylation sites (tertiary alicyclic amines) is 1. The van der Waals surface area contributed by atoms with Crippen LogP contribution in [0.15, 0.2) is 4.47 Å². The molecular formula is C15H23BrN4O2. The minimum Gasteiger partial charge on any atom is -0.369 e. The number of hydrogen-bond donors (Lipinski definition) is 1. The van der Waals surface area contributed by atoms with E-state index in [1.165, 1.54) is 0 Å². The van der Waals surface area contributed by atoms with Crippen molar-refractivity contribution in [3.63, 3.8) is 0 Å². The Labute approximate surface area is 139 Å². The Balaban J connectivity index is 1.95.